The number of piperidine rings is 1. The molecule has 138 valence electrons. The molecule has 1 aromatic heterocycles. The van der Waals surface area contributed by atoms with Crippen LogP contribution in [0.5, 0.6) is 0 Å². The van der Waals surface area contributed by atoms with Gasteiger partial charge in [-0.15, -0.1) is 11.3 Å². The fraction of sp³-hybridized carbons (Fsp3) is 0.684. The van der Waals surface area contributed by atoms with Gasteiger partial charge in [-0.3, -0.25) is 9.59 Å². The predicted octanol–water partition coefficient (Wildman–Crippen LogP) is 2.31. The number of likely N-dealkylation sites (tertiary alicyclic amines) is 1. The van der Waals surface area contributed by atoms with Crippen molar-refractivity contribution < 1.29 is 9.59 Å². The molecular formula is C19H29N3O2S. The summed E-state index contributed by atoms with van der Waals surface area (Å²) in [5.41, 5.74) is 6.09. The van der Waals surface area contributed by atoms with Gasteiger partial charge in [0.2, 0.25) is 11.8 Å². The quantitative estimate of drug-likeness (QED) is 0.843. The number of carbonyl (C=O) groups is 2. The van der Waals surface area contributed by atoms with Crippen molar-refractivity contribution in [2.75, 3.05) is 13.1 Å². The van der Waals surface area contributed by atoms with E-state index in [2.05, 4.69) is 5.32 Å². The van der Waals surface area contributed by atoms with Crippen molar-refractivity contribution in [2.24, 2.45) is 11.7 Å². The Balaban J connectivity index is 1.42. The highest BCUT2D eigenvalue weighted by molar-refractivity contribution is 7.09. The molecule has 6 heteroatoms. The standard InChI is InChI=1S/C19H29N3O2S/c20-17(13-16-7-4-12-25-16)19(24)22-10-8-14(9-11-22)18(23)21-15-5-2-1-3-6-15/h4,7,12,14-15,17H,1-3,5-6,8-11,13,20H2,(H,21,23)/t17-/m0/s1. The molecule has 25 heavy (non-hydrogen) atoms. The lowest BCUT2D eigenvalue weighted by atomic mass is 9.92. The van der Waals surface area contributed by atoms with E-state index in [0.29, 0.717) is 25.6 Å². The van der Waals surface area contributed by atoms with Crippen LogP contribution >= 0.6 is 11.3 Å². The minimum Gasteiger partial charge on any atom is -0.353 e. The molecule has 0 aromatic carbocycles. The van der Waals surface area contributed by atoms with Crippen molar-refractivity contribution >= 4 is 23.2 Å². The van der Waals surface area contributed by atoms with Gasteiger partial charge >= 0.3 is 0 Å². The van der Waals surface area contributed by atoms with Gasteiger partial charge in [0.05, 0.1) is 6.04 Å². The van der Waals surface area contributed by atoms with E-state index < -0.39 is 6.04 Å². The summed E-state index contributed by atoms with van der Waals surface area (Å²) in [5.74, 6) is 0.237. The molecule has 1 aliphatic carbocycles. The average Bonchev–Trinajstić information content (AvgIpc) is 3.15. The van der Waals surface area contributed by atoms with Crippen LogP contribution in [0, 0.1) is 5.92 Å². The Kier molecular flexibility index (Phi) is 6.48. The molecule has 5 nitrogen and oxygen atoms in total. The minimum absolute atomic E-state index is 0.0135. The molecule has 1 atom stereocenters. The fourth-order valence-corrected chi connectivity index (χ4v) is 4.66. The molecule has 2 fully saturated rings. The van der Waals surface area contributed by atoms with Gasteiger partial charge in [0, 0.05) is 36.3 Å². The second kappa shape index (κ2) is 8.81. The monoisotopic (exact) mass is 363 g/mol. The zero-order chi connectivity index (χ0) is 17.6. The molecule has 0 spiro atoms. The summed E-state index contributed by atoms with van der Waals surface area (Å²) in [6.07, 6.45) is 8.05. The maximum atomic E-state index is 12.5. The number of hydrogen-bond donors (Lipinski definition) is 2. The predicted molar refractivity (Wildman–Crippen MR) is 100 cm³/mol. The SMILES string of the molecule is N[C@@H](Cc1cccs1)C(=O)N1CCC(C(=O)NC2CCCCC2)CC1. The Morgan fingerprint density at radius 2 is 1.92 bits per heavy atom. The number of amides is 2. The van der Waals surface area contributed by atoms with Crippen LogP contribution < -0.4 is 11.1 Å². The van der Waals surface area contributed by atoms with E-state index in [1.807, 2.05) is 22.4 Å². The highest BCUT2D eigenvalue weighted by Gasteiger charge is 2.30. The smallest absolute Gasteiger partial charge is 0.239 e. The van der Waals surface area contributed by atoms with E-state index in [0.717, 1.165) is 30.6 Å². The molecule has 2 heterocycles. The van der Waals surface area contributed by atoms with Crippen LogP contribution in [-0.2, 0) is 16.0 Å². The molecular weight excluding hydrogens is 334 g/mol. The number of rotatable bonds is 5. The highest BCUT2D eigenvalue weighted by Crippen LogP contribution is 2.22. The summed E-state index contributed by atoms with van der Waals surface area (Å²) in [7, 11) is 0. The van der Waals surface area contributed by atoms with Crippen LogP contribution in [0.25, 0.3) is 0 Å². The lowest BCUT2D eigenvalue weighted by Crippen LogP contribution is -2.50. The molecule has 2 aliphatic rings. The fourth-order valence-electron chi connectivity index (χ4n) is 3.90. The summed E-state index contributed by atoms with van der Waals surface area (Å²) in [4.78, 5) is 28.0. The maximum absolute atomic E-state index is 12.5. The van der Waals surface area contributed by atoms with Gasteiger partial charge in [-0.1, -0.05) is 25.3 Å². The second-order valence-corrected chi connectivity index (χ2v) is 8.37. The van der Waals surface area contributed by atoms with Crippen LogP contribution in [0.1, 0.15) is 49.8 Å². The molecule has 0 radical (unpaired) electrons. The Morgan fingerprint density at radius 1 is 1.20 bits per heavy atom. The van der Waals surface area contributed by atoms with Gasteiger partial charge in [0.1, 0.15) is 0 Å². The number of thiophene rings is 1. The van der Waals surface area contributed by atoms with Gasteiger partial charge in [-0.2, -0.15) is 0 Å². The van der Waals surface area contributed by atoms with Crippen LogP contribution in [-0.4, -0.2) is 41.9 Å². The molecule has 0 bridgehead atoms. The molecule has 1 aromatic rings. The van der Waals surface area contributed by atoms with E-state index in [9.17, 15) is 9.59 Å². The van der Waals surface area contributed by atoms with Gasteiger partial charge in [0.25, 0.3) is 0 Å². The average molecular weight is 364 g/mol. The van der Waals surface area contributed by atoms with Crippen LogP contribution in [0.4, 0.5) is 0 Å². The number of carbonyl (C=O) groups excluding carboxylic acids is 2. The van der Waals surface area contributed by atoms with E-state index in [-0.39, 0.29) is 17.7 Å². The van der Waals surface area contributed by atoms with Crippen LogP contribution in [0.2, 0.25) is 0 Å². The maximum Gasteiger partial charge on any atom is 0.239 e. The third-order valence-corrected chi connectivity index (χ3v) is 6.35. The third-order valence-electron chi connectivity index (χ3n) is 5.45. The Labute approximate surface area is 154 Å². The summed E-state index contributed by atoms with van der Waals surface area (Å²) in [6, 6.07) is 3.87. The van der Waals surface area contributed by atoms with Crippen molar-refractivity contribution in [1.82, 2.24) is 10.2 Å². The molecule has 2 amide bonds. The first-order valence-corrected chi connectivity index (χ1v) is 10.4. The van der Waals surface area contributed by atoms with E-state index >= 15 is 0 Å². The number of nitrogens with zero attached hydrogens (tertiary/aromatic N) is 1. The Morgan fingerprint density at radius 3 is 2.56 bits per heavy atom. The number of nitrogens with two attached hydrogens (primary N) is 1. The first kappa shape index (κ1) is 18.4. The third kappa shape index (κ3) is 5.05. The van der Waals surface area contributed by atoms with E-state index in [1.165, 1.54) is 19.3 Å². The molecule has 3 N–H and O–H groups in total. The Bertz CT molecular complexity index is 561. The van der Waals surface area contributed by atoms with Crippen molar-refractivity contribution in [3.05, 3.63) is 22.4 Å². The second-order valence-electron chi connectivity index (χ2n) is 7.33. The lowest BCUT2D eigenvalue weighted by molar-refractivity contribution is -0.136. The van der Waals surface area contributed by atoms with Gasteiger partial charge < -0.3 is 16.0 Å². The molecule has 1 aliphatic heterocycles. The summed E-state index contributed by atoms with van der Waals surface area (Å²) in [6.45, 7) is 1.28. The summed E-state index contributed by atoms with van der Waals surface area (Å²) >= 11 is 1.63. The van der Waals surface area contributed by atoms with Crippen molar-refractivity contribution in [2.45, 2.75) is 63.5 Å². The number of hydrogen-bond acceptors (Lipinski definition) is 4. The van der Waals surface area contributed by atoms with Crippen molar-refractivity contribution in [3.63, 3.8) is 0 Å². The van der Waals surface area contributed by atoms with E-state index in [4.69, 9.17) is 5.73 Å². The normalized spacial score (nSPS) is 21.1. The first-order valence-electron chi connectivity index (χ1n) is 9.50. The van der Waals surface area contributed by atoms with Gasteiger partial charge in [-0.05, 0) is 37.1 Å². The molecule has 1 saturated heterocycles. The summed E-state index contributed by atoms with van der Waals surface area (Å²) < 4.78 is 0. The highest BCUT2D eigenvalue weighted by atomic mass is 32.1. The van der Waals surface area contributed by atoms with Crippen LogP contribution in [0.15, 0.2) is 17.5 Å². The molecule has 0 unspecified atom stereocenters. The van der Waals surface area contributed by atoms with Crippen LogP contribution in [0.3, 0.4) is 0 Å². The van der Waals surface area contributed by atoms with Crippen molar-refractivity contribution in [1.29, 1.82) is 0 Å². The van der Waals surface area contributed by atoms with Crippen molar-refractivity contribution in [3.8, 4) is 0 Å². The summed E-state index contributed by atoms with van der Waals surface area (Å²) in [5, 5.41) is 5.22. The van der Waals surface area contributed by atoms with E-state index in [1.54, 1.807) is 11.3 Å². The van der Waals surface area contributed by atoms with Gasteiger partial charge in [-0.25, -0.2) is 0 Å². The Hall–Kier alpha value is -1.40. The van der Waals surface area contributed by atoms with Gasteiger partial charge in [0.15, 0.2) is 0 Å². The lowest BCUT2D eigenvalue weighted by Gasteiger charge is -2.34. The minimum atomic E-state index is -0.480. The number of nitrogens with one attached hydrogen (secondary N) is 1. The topological polar surface area (TPSA) is 75.4 Å². The zero-order valence-corrected chi connectivity index (χ0v) is 15.6. The first-order chi connectivity index (χ1) is 12.1. The molecule has 3 rings (SSSR count). The largest absolute Gasteiger partial charge is 0.353 e. The zero-order valence-electron chi connectivity index (χ0n) is 14.8. The molecule has 1 saturated carbocycles.